The molecule has 0 aliphatic carbocycles. The number of nitrogens with zero attached hydrogens (tertiary/aromatic N) is 1. The topological polar surface area (TPSA) is 44.4 Å². The Labute approximate surface area is 117 Å². The van der Waals surface area contributed by atoms with E-state index in [0.717, 1.165) is 25.6 Å². The monoisotopic (exact) mass is 267 g/mol. The molecule has 2 N–H and O–H groups in total. The van der Waals surface area contributed by atoms with Crippen LogP contribution in [0, 0.1) is 5.92 Å². The number of rotatable bonds is 3. The van der Waals surface area contributed by atoms with Gasteiger partial charge in [-0.3, -0.25) is 9.69 Å². The molecule has 110 valence electrons. The first kappa shape index (κ1) is 14.8. The van der Waals surface area contributed by atoms with Crippen molar-refractivity contribution in [3.05, 3.63) is 0 Å². The van der Waals surface area contributed by atoms with E-state index in [1.807, 2.05) is 20.8 Å². The molecule has 0 aromatic heterocycles. The minimum absolute atomic E-state index is 0.124. The van der Waals surface area contributed by atoms with E-state index in [0.29, 0.717) is 12.6 Å². The zero-order chi connectivity index (χ0) is 13.9. The molecule has 0 aromatic rings. The zero-order valence-electron chi connectivity index (χ0n) is 12.7. The number of likely N-dealkylation sites (tertiary alicyclic amines) is 1. The van der Waals surface area contributed by atoms with E-state index in [2.05, 4.69) is 15.5 Å². The van der Waals surface area contributed by atoms with Crippen LogP contribution in [0.3, 0.4) is 0 Å². The predicted octanol–water partition coefficient (Wildman–Crippen LogP) is 1.37. The molecule has 2 rings (SSSR count). The maximum Gasteiger partial charge on any atom is 0.234 e. The average molecular weight is 267 g/mol. The van der Waals surface area contributed by atoms with Crippen LogP contribution in [0.25, 0.3) is 0 Å². The first-order chi connectivity index (χ1) is 8.96. The summed E-state index contributed by atoms with van der Waals surface area (Å²) in [6.07, 6.45) is 5.05. The third-order valence-electron chi connectivity index (χ3n) is 4.20. The molecule has 0 saturated carbocycles. The van der Waals surface area contributed by atoms with Crippen molar-refractivity contribution < 1.29 is 4.79 Å². The summed E-state index contributed by atoms with van der Waals surface area (Å²) in [7, 11) is 0. The first-order valence-electron chi connectivity index (χ1n) is 7.71. The van der Waals surface area contributed by atoms with Crippen LogP contribution in [0.2, 0.25) is 0 Å². The molecule has 1 atom stereocenters. The van der Waals surface area contributed by atoms with Crippen LogP contribution in [-0.4, -0.2) is 48.6 Å². The second-order valence-electron chi connectivity index (χ2n) is 7.07. The largest absolute Gasteiger partial charge is 0.350 e. The van der Waals surface area contributed by atoms with Crippen LogP contribution in [0.5, 0.6) is 0 Å². The van der Waals surface area contributed by atoms with Crippen molar-refractivity contribution in [2.24, 2.45) is 5.92 Å². The number of hydrogen-bond donors (Lipinski definition) is 2. The molecule has 2 aliphatic heterocycles. The highest BCUT2D eigenvalue weighted by atomic mass is 16.2. The van der Waals surface area contributed by atoms with Gasteiger partial charge in [-0.2, -0.15) is 0 Å². The van der Waals surface area contributed by atoms with Crippen molar-refractivity contribution in [1.82, 2.24) is 15.5 Å². The lowest BCUT2D eigenvalue weighted by molar-refractivity contribution is -0.124. The Morgan fingerprint density at radius 3 is 2.58 bits per heavy atom. The van der Waals surface area contributed by atoms with E-state index in [1.165, 1.54) is 25.7 Å². The first-order valence-corrected chi connectivity index (χ1v) is 7.71. The molecule has 4 nitrogen and oxygen atoms in total. The summed E-state index contributed by atoms with van der Waals surface area (Å²) in [5.74, 6) is 0.958. The van der Waals surface area contributed by atoms with Gasteiger partial charge in [-0.05, 0) is 72.0 Å². The highest BCUT2D eigenvalue weighted by molar-refractivity contribution is 5.78. The fourth-order valence-corrected chi connectivity index (χ4v) is 3.45. The van der Waals surface area contributed by atoms with Crippen molar-refractivity contribution in [2.45, 2.75) is 58.0 Å². The smallest absolute Gasteiger partial charge is 0.234 e. The van der Waals surface area contributed by atoms with Crippen molar-refractivity contribution in [2.75, 3.05) is 26.2 Å². The van der Waals surface area contributed by atoms with Gasteiger partial charge >= 0.3 is 0 Å². The number of carbonyl (C=O) groups excluding carboxylic acids is 1. The summed E-state index contributed by atoms with van der Waals surface area (Å²) in [6, 6.07) is 0.632. The molecule has 0 bridgehead atoms. The standard InChI is InChI=1S/C15H29N3O/c1-15(2,3)17-14(19)11-18-10-4-5-13(18)12-6-8-16-9-7-12/h12-13,16H,4-11H2,1-3H3,(H,17,19). The van der Waals surface area contributed by atoms with E-state index < -0.39 is 0 Å². The SMILES string of the molecule is CC(C)(C)NC(=O)CN1CCCC1C1CCNCC1. The Hall–Kier alpha value is -0.610. The van der Waals surface area contributed by atoms with Gasteiger partial charge < -0.3 is 10.6 Å². The van der Waals surface area contributed by atoms with Crippen molar-refractivity contribution >= 4 is 5.91 Å². The van der Waals surface area contributed by atoms with Crippen LogP contribution < -0.4 is 10.6 Å². The minimum Gasteiger partial charge on any atom is -0.350 e. The van der Waals surface area contributed by atoms with E-state index in [1.54, 1.807) is 0 Å². The van der Waals surface area contributed by atoms with Gasteiger partial charge in [0.05, 0.1) is 6.54 Å². The molecular weight excluding hydrogens is 238 g/mol. The maximum atomic E-state index is 12.1. The third-order valence-corrected chi connectivity index (χ3v) is 4.20. The second kappa shape index (κ2) is 6.23. The van der Waals surface area contributed by atoms with E-state index >= 15 is 0 Å². The predicted molar refractivity (Wildman–Crippen MR) is 78.1 cm³/mol. The van der Waals surface area contributed by atoms with Crippen molar-refractivity contribution in [3.8, 4) is 0 Å². The van der Waals surface area contributed by atoms with Crippen LogP contribution in [0.15, 0.2) is 0 Å². The lowest BCUT2D eigenvalue weighted by Crippen LogP contribution is -2.49. The van der Waals surface area contributed by atoms with Crippen LogP contribution >= 0.6 is 0 Å². The van der Waals surface area contributed by atoms with Gasteiger partial charge in [0.25, 0.3) is 0 Å². The van der Waals surface area contributed by atoms with Gasteiger partial charge in [-0.15, -0.1) is 0 Å². The molecule has 2 fully saturated rings. The molecule has 0 radical (unpaired) electrons. The molecule has 0 spiro atoms. The van der Waals surface area contributed by atoms with Crippen LogP contribution in [0.1, 0.15) is 46.5 Å². The van der Waals surface area contributed by atoms with E-state index in [4.69, 9.17) is 0 Å². The van der Waals surface area contributed by atoms with Crippen molar-refractivity contribution in [3.63, 3.8) is 0 Å². The third kappa shape index (κ3) is 4.46. The quantitative estimate of drug-likeness (QED) is 0.811. The second-order valence-corrected chi connectivity index (χ2v) is 7.07. The van der Waals surface area contributed by atoms with Gasteiger partial charge in [0.1, 0.15) is 0 Å². The van der Waals surface area contributed by atoms with Gasteiger partial charge in [0, 0.05) is 11.6 Å². The molecule has 1 amide bonds. The van der Waals surface area contributed by atoms with Gasteiger partial charge in [-0.25, -0.2) is 0 Å². The highest BCUT2D eigenvalue weighted by Gasteiger charge is 2.33. The summed E-state index contributed by atoms with van der Waals surface area (Å²) in [5.41, 5.74) is -0.124. The van der Waals surface area contributed by atoms with E-state index in [-0.39, 0.29) is 11.4 Å². The normalized spacial score (nSPS) is 26.6. The molecule has 19 heavy (non-hydrogen) atoms. The lowest BCUT2D eigenvalue weighted by Gasteiger charge is -2.34. The van der Waals surface area contributed by atoms with Gasteiger partial charge in [-0.1, -0.05) is 0 Å². The summed E-state index contributed by atoms with van der Waals surface area (Å²) in [4.78, 5) is 14.5. The summed E-state index contributed by atoms with van der Waals surface area (Å²) in [6.45, 7) is 10.1. The Kier molecular flexibility index (Phi) is 4.85. The molecule has 4 heteroatoms. The minimum atomic E-state index is -0.124. The average Bonchev–Trinajstić information content (AvgIpc) is 2.75. The number of piperidine rings is 1. The zero-order valence-corrected chi connectivity index (χ0v) is 12.7. The molecule has 2 aliphatic rings. The van der Waals surface area contributed by atoms with E-state index in [9.17, 15) is 4.79 Å². The highest BCUT2D eigenvalue weighted by Crippen LogP contribution is 2.29. The molecule has 2 saturated heterocycles. The number of hydrogen-bond acceptors (Lipinski definition) is 3. The molecular formula is C15H29N3O. The van der Waals surface area contributed by atoms with Crippen molar-refractivity contribution in [1.29, 1.82) is 0 Å². The lowest BCUT2D eigenvalue weighted by atomic mass is 9.89. The maximum absolute atomic E-state index is 12.1. The van der Waals surface area contributed by atoms with Gasteiger partial charge in [0.15, 0.2) is 0 Å². The molecule has 1 unspecified atom stereocenters. The summed E-state index contributed by atoms with van der Waals surface area (Å²) >= 11 is 0. The molecule has 0 aromatic carbocycles. The Morgan fingerprint density at radius 1 is 1.26 bits per heavy atom. The Morgan fingerprint density at radius 2 is 1.95 bits per heavy atom. The Balaban J connectivity index is 1.86. The summed E-state index contributed by atoms with van der Waals surface area (Å²) in [5, 5.41) is 6.50. The number of carbonyl (C=O) groups is 1. The van der Waals surface area contributed by atoms with Gasteiger partial charge in [0.2, 0.25) is 5.91 Å². The fourth-order valence-electron chi connectivity index (χ4n) is 3.45. The fraction of sp³-hybridized carbons (Fsp3) is 0.933. The molecule has 2 heterocycles. The summed E-state index contributed by atoms with van der Waals surface area (Å²) < 4.78 is 0. The Bertz CT molecular complexity index is 305. The number of nitrogens with one attached hydrogen (secondary N) is 2. The van der Waals surface area contributed by atoms with Crippen LogP contribution in [-0.2, 0) is 4.79 Å². The number of amides is 1. The van der Waals surface area contributed by atoms with Crippen LogP contribution in [0.4, 0.5) is 0 Å².